The Hall–Kier alpha value is -2.67. The first-order valence-corrected chi connectivity index (χ1v) is 9.57. The Morgan fingerprint density at radius 2 is 2.31 bits per heavy atom. The predicted molar refractivity (Wildman–Crippen MR) is 99.2 cm³/mol. The molecule has 1 aliphatic carbocycles. The number of aryl methyl sites for hydroxylation is 1. The Labute approximate surface area is 155 Å². The summed E-state index contributed by atoms with van der Waals surface area (Å²) in [7, 11) is 1.95. The predicted octanol–water partition coefficient (Wildman–Crippen LogP) is 3.26. The summed E-state index contributed by atoms with van der Waals surface area (Å²) in [5.74, 6) is 0.445. The molecule has 0 spiro atoms. The second kappa shape index (κ2) is 7.29. The van der Waals surface area contributed by atoms with Gasteiger partial charge >= 0.3 is 0 Å². The van der Waals surface area contributed by atoms with Crippen LogP contribution in [0.3, 0.4) is 0 Å². The molecule has 1 aromatic carbocycles. The minimum Gasteiger partial charge on any atom is -0.486 e. The second-order valence-corrected chi connectivity index (χ2v) is 7.07. The van der Waals surface area contributed by atoms with E-state index in [2.05, 4.69) is 15.4 Å². The van der Waals surface area contributed by atoms with E-state index in [4.69, 9.17) is 4.74 Å². The molecule has 0 saturated heterocycles. The van der Waals surface area contributed by atoms with Crippen molar-refractivity contribution in [3.05, 3.63) is 63.9 Å². The molecular formula is C19H20N4O2S. The lowest BCUT2D eigenvalue weighted by Gasteiger charge is -2.24. The number of aromatic nitrogens is 3. The van der Waals surface area contributed by atoms with E-state index in [1.807, 2.05) is 41.5 Å². The van der Waals surface area contributed by atoms with Crippen molar-refractivity contribution in [3.8, 4) is 5.75 Å². The fourth-order valence-electron chi connectivity index (χ4n) is 3.33. The van der Waals surface area contributed by atoms with Gasteiger partial charge in [-0.1, -0.05) is 12.1 Å². The number of fused-ring (bicyclic) bond motifs is 1. The topological polar surface area (TPSA) is 69.0 Å². The van der Waals surface area contributed by atoms with Gasteiger partial charge < -0.3 is 10.1 Å². The molecule has 7 heteroatoms. The molecule has 1 atom stereocenters. The lowest BCUT2D eigenvalue weighted by atomic mass is 9.92. The summed E-state index contributed by atoms with van der Waals surface area (Å²) >= 11 is 1.53. The lowest BCUT2D eigenvalue weighted by molar-refractivity contribution is 0.0928. The molecule has 0 radical (unpaired) electrons. The van der Waals surface area contributed by atoms with Crippen LogP contribution in [0.2, 0.25) is 0 Å². The average Bonchev–Trinajstić information content (AvgIpc) is 3.31. The Kier molecular flexibility index (Phi) is 4.71. The Balaban J connectivity index is 1.50. The Morgan fingerprint density at radius 3 is 3.15 bits per heavy atom. The highest BCUT2D eigenvalue weighted by molar-refractivity contribution is 7.07. The van der Waals surface area contributed by atoms with E-state index in [0.29, 0.717) is 17.9 Å². The van der Waals surface area contributed by atoms with Crippen LogP contribution in [-0.2, 0) is 20.1 Å². The number of ether oxygens (including phenoxy) is 1. The smallest absolute Gasteiger partial charge is 0.255 e. The van der Waals surface area contributed by atoms with Crippen molar-refractivity contribution in [3.63, 3.8) is 0 Å². The number of nitrogens with one attached hydrogen (secondary N) is 1. The van der Waals surface area contributed by atoms with Crippen molar-refractivity contribution in [1.29, 1.82) is 0 Å². The zero-order valence-corrected chi connectivity index (χ0v) is 15.3. The van der Waals surface area contributed by atoms with E-state index >= 15 is 0 Å². The molecule has 6 nitrogen and oxygen atoms in total. The second-order valence-electron chi connectivity index (χ2n) is 6.35. The van der Waals surface area contributed by atoms with Gasteiger partial charge in [-0.05, 0) is 31.4 Å². The lowest BCUT2D eigenvalue weighted by Crippen LogP contribution is -2.31. The van der Waals surface area contributed by atoms with Gasteiger partial charge in [-0.3, -0.25) is 9.48 Å². The van der Waals surface area contributed by atoms with E-state index < -0.39 is 0 Å². The highest BCUT2D eigenvalue weighted by atomic mass is 32.1. The van der Waals surface area contributed by atoms with Gasteiger partial charge in [0.25, 0.3) is 5.91 Å². The van der Waals surface area contributed by atoms with Crippen molar-refractivity contribution >= 4 is 17.2 Å². The summed E-state index contributed by atoms with van der Waals surface area (Å²) in [6, 6.07) is 7.32. The summed E-state index contributed by atoms with van der Waals surface area (Å²) in [6.07, 6.45) is 4.83. The number of nitrogens with zero attached hydrogens (tertiary/aromatic N) is 3. The molecule has 134 valence electrons. The van der Waals surface area contributed by atoms with Gasteiger partial charge in [-0.15, -0.1) is 11.3 Å². The van der Waals surface area contributed by atoms with Crippen LogP contribution in [0.5, 0.6) is 5.75 Å². The molecule has 26 heavy (non-hydrogen) atoms. The number of hydrogen-bond donors (Lipinski definition) is 1. The zero-order valence-electron chi connectivity index (χ0n) is 14.5. The Morgan fingerprint density at radius 1 is 1.42 bits per heavy atom. The SMILES string of the molecule is Cn1ncc2c1CCC[C@@H]2NC(=O)c1ccccc1OCc1cscn1. The van der Waals surface area contributed by atoms with E-state index in [9.17, 15) is 4.79 Å². The monoisotopic (exact) mass is 368 g/mol. The molecule has 1 aliphatic rings. The summed E-state index contributed by atoms with van der Waals surface area (Å²) < 4.78 is 7.73. The van der Waals surface area contributed by atoms with Crippen LogP contribution in [0, 0.1) is 0 Å². The largest absolute Gasteiger partial charge is 0.486 e. The number of benzene rings is 1. The van der Waals surface area contributed by atoms with Crippen LogP contribution >= 0.6 is 11.3 Å². The number of amides is 1. The fraction of sp³-hybridized carbons (Fsp3) is 0.316. The molecule has 0 aliphatic heterocycles. The number of rotatable bonds is 5. The molecule has 0 saturated carbocycles. The molecule has 3 aromatic rings. The van der Waals surface area contributed by atoms with Crippen LogP contribution in [0.4, 0.5) is 0 Å². The van der Waals surface area contributed by atoms with E-state index in [1.165, 1.54) is 17.0 Å². The van der Waals surface area contributed by atoms with Crippen molar-refractivity contribution in [2.75, 3.05) is 0 Å². The maximum atomic E-state index is 12.9. The standard InChI is InChI=1S/C19H20N4O2S/c1-23-17-7-4-6-16(15(17)9-21-23)22-19(24)14-5-2-3-8-18(14)25-10-13-11-26-12-20-13/h2-3,5,8-9,11-12,16H,4,6-7,10H2,1H3,(H,22,24)/t16-/m0/s1. The van der Waals surface area contributed by atoms with Crippen LogP contribution in [0.15, 0.2) is 41.4 Å². The van der Waals surface area contributed by atoms with Gasteiger partial charge in [0.15, 0.2) is 0 Å². The third kappa shape index (κ3) is 3.35. The maximum absolute atomic E-state index is 12.9. The minimum absolute atomic E-state index is 0.00783. The quantitative estimate of drug-likeness (QED) is 0.750. The highest BCUT2D eigenvalue weighted by Crippen LogP contribution is 2.30. The first-order chi connectivity index (χ1) is 12.7. The first kappa shape index (κ1) is 16.8. The van der Waals surface area contributed by atoms with Crippen LogP contribution in [0.25, 0.3) is 0 Å². The zero-order chi connectivity index (χ0) is 17.9. The van der Waals surface area contributed by atoms with Gasteiger partial charge in [0.05, 0.1) is 29.0 Å². The molecule has 0 fully saturated rings. The molecule has 2 heterocycles. The number of para-hydroxylation sites is 1. The van der Waals surface area contributed by atoms with Crippen molar-refractivity contribution in [2.24, 2.45) is 7.05 Å². The molecule has 0 unspecified atom stereocenters. The first-order valence-electron chi connectivity index (χ1n) is 8.63. The van der Waals surface area contributed by atoms with Crippen LogP contribution in [0.1, 0.15) is 46.2 Å². The average molecular weight is 368 g/mol. The number of carbonyl (C=O) groups is 1. The maximum Gasteiger partial charge on any atom is 0.255 e. The molecule has 2 aromatic heterocycles. The number of thiazole rings is 1. The van der Waals surface area contributed by atoms with Crippen molar-refractivity contribution < 1.29 is 9.53 Å². The van der Waals surface area contributed by atoms with E-state index in [0.717, 1.165) is 30.5 Å². The minimum atomic E-state index is -0.124. The molecule has 1 N–H and O–H groups in total. The molecule has 4 rings (SSSR count). The van der Waals surface area contributed by atoms with Gasteiger partial charge in [-0.25, -0.2) is 4.98 Å². The van der Waals surface area contributed by atoms with E-state index in [1.54, 1.807) is 11.6 Å². The number of hydrogen-bond acceptors (Lipinski definition) is 5. The summed E-state index contributed by atoms with van der Waals surface area (Å²) in [5.41, 5.74) is 5.49. The molecule has 1 amide bonds. The van der Waals surface area contributed by atoms with Crippen LogP contribution in [-0.4, -0.2) is 20.7 Å². The van der Waals surface area contributed by atoms with Gasteiger partial charge in [-0.2, -0.15) is 5.10 Å². The Bertz CT molecular complexity index is 904. The fourth-order valence-corrected chi connectivity index (χ4v) is 3.88. The third-order valence-electron chi connectivity index (χ3n) is 4.67. The van der Waals surface area contributed by atoms with Gasteiger partial charge in [0.2, 0.25) is 0 Å². The number of carbonyl (C=O) groups excluding carboxylic acids is 1. The van der Waals surface area contributed by atoms with Crippen molar-refractivity contribution in [2.45, 2.75) is 31.9 Å². The van der Waals surface area contributed by atoms with Gasteiger partial charge in [0.1, 0.15) is 12.4 Å². The summed E-state index contributed by atoms with van der Waals surface area (Å²) in [4.78, 5) is 17.1. The summed E-state index contributed by atoms with van der Waals surface area (Å²) in [6.45, 7) is 0.351. The molecular weight excluding hydrogens is 348 g/mol. The van der Waals surface area contributed by atoms with E-state index in [-0.39, 0.29) is 11.9 Å². The van der Waals surface area contributed by atoms with Gasteiger partial charge in [0, 0.05) is 23.7 Å². The highest BCUT2D eigenvalue weighted by Gasteiger charge is 2.26. The molecule has 0 bridgehead atoms. The third-order valence-corrected chi connectivity index (χ3v) is 5.31. The summed E-state index contributed by atoms with van der Waals surface area (Å²) in [5, 5.41) is 9.43. The van der Waals surface area contributed by atoms with Crippen molar-refractivity contribution in [1.82, 2.24) is 20.1 Å². The van der Waals surface area contributed by atoms with Crippen LogP contribution < -0.4 is 10.1 Å². The normalized spacial score (nSPS) is 16.1.